The molecule has 0 saturated heterocycles. The molecular weight excluding hydrogens is 282 g/mol. The van der Waals surface area contributed by atoms with Crippen molar-refractivity contribution in [2.24, 2.45) is 11.7 Å². The van der Waals surface area contributed by atoms with Crippen LogP contribution < -0.4 is 11.1 Å². The van der Waals surface area contributed by atoms with Crippen molar-refractivity contribution in [3.05, 3.63) is 34.7 Å². The second-order valence-corrected chi connectivity index (χ2v) is 6.30. The van der Waals surface area contributed by atoms with Gasteiger partial charge in [-0.2, -0.15) is 0 Å². The Morgan fingerprint density at radius 3 is 2.86 bits per heavy atom. The van der Waals surface area contributed by atoms with Gasteiger partial charge in [0.2, 0.25) is 5.91 Å². The number of rotatable bonds is 5. The van der Waals surface area contributed by atoms with E-state index in [2.05, 4.69) is 10.3 Å². The Balaban J connectivity index is 2.13. The number of hydrogen-bond acceptors (Lipinski definition) is 4. The van der Waals surface area contributed by atoms with Crippen LogP contribution in [0, 0.1) is 12.8 Å². The van der Waals surface area contributed by atoms with Crippen molar-refractivity contribution in [3.8, 4) is 11.3 Å². The van der Waals surface area contributed by atoms with E-state index in [0.717, 1.165) is 28.4 Å². The Kier molecular flexibility index (Phi) is 5.09. The summed E-state index contributed by atoms with van der Waals surface area (Å²) in [6, 6.07) is 7.20. The van der Waals surface area contributed by atoms with Gasteiger partial charge in [-0.3, -0.25) is 4.79 Å². The van der Waals surface area contributed by atoms with E-state index in [9.17, 15) is 4.79 Å². The van der Waals surface area contributed by atoms with E-state index in [1.54, 1.807) is 11.3 Å². The number of anilines is 1. The summed E-state index contributed by atoms with van der Waals surface area (Å²) in [5.41, 5.74) is 8.63. The van der Waals surface area contributed by atoms with E-state index >= 15 is 0 Å². The molecule has 21 heavy (non-hydrogen) atoms. The third-order valence-electron chi connectivity index (χ3n) is 3.60. The monoisotopic (exact) mass is 303 g/mol. The summed E-state index contributed by atoms with van der Waals surface area (Å²) < 4.78 is 0. The number of carbonyl (C=O) groups excluding carboxylic acids is 1. The fraction of sp³-hybridized carbons (Fsp3) is 0.375. The number of aromatic nitrogens is 1. The highest BCUT2D eigenvalue weighted by Crippen LogP contribution is 2.24. The zero-order valence-corrected chi connectivity index (χ0v) is 13.4. The van der Waals surface area contributed by atoms with Crippen LogP contribution in [-0.2, 0) is 4.79 Å². The van der Waals surface area contributed by atoms with Crippen LogP contribution >= 0.6 is 11.3 Å². The van der Waals surface area contributed by atoms with Crippen LogP contribution in [-0.4, -0.2) is 16.9 Å². The van der Waals surface area contributed by atoms with Crippen molar-refractivity contribution < 1.29 is 4.79 Å². The first-order valence-corrected chi connectivity index (χ1v) is 7.98. The van der Waals surface area contributed by atoms with Gasteiger partial charge in [-0.05, 0) is 25.0 Å². The quantitative estimate of drug-likeness (QED) is 0.889. The van der Waals surface area contributed by atoms with E-state index in [0.29, 0.717) is 0 Å². The predicted octanol–water partition coefficient (Wildman–Crippen LogP) is 3.43. The molecule has 0 aliphatic rings. The maximum absolute atomic E-state index is 12.1. The molecule has 0 unspecified atom stereocenters. The van der Waals surface area contributed by atoms with Crippen LogP contribution in [0.3, 0.4) is 0 Å². The lowest BCUT2D eigenvalue weighted by molar-refractivity contribution is -0.118. The molecule has 0 spiro atoms. The molecule has 2 atom stereocenters. The van der Waals surface area contributed by atoms with Gasteiger partial charge >= 0.3 is 0 Å². The van der Waals surface area contributed by atoms with Gasteiger partial charge in [0.1, 0.15) is 0 Å². The Bertz CT molecular complexity index is 623. The summed E-state index contributed by atoms with van der Waals surface area (Å²) in [6.07, 6.45) is 0.882. The Hall–Kier alpha value is -1.72. The van der Waals surface area contributed by atoms with Crippen LogP contribution in [0.1, 0.15) is 25.3 Å². The van der Waals surface area contributed by atoms with Crippen molar-refractivity contribution in [2.75, 3.05) is 5.32 Å². The number of hydrogen-bond donors (Lipinski definition) is 2. The van der Waals surface area contributed by atoms with Crippen LogP contribution in [0.2, 0.25) is 0 Å². The molecule has 0 saturated carbocycles. The molecule has 1 amide bonds. The number of nitrogens with zero attached hydrogens (tertiary/aromatic N) is 1. The Labute approximate surface area is 129 Å². The molecule has 1 aromatic heterocycles. The van der Waals surface area contributed by atoms with Crippen molar-refractivity contribution in [1.29, 1.82) is 0 Å². The second kappa shape index (κ2) is 6.83. The lowest BCUT2D eigenvalue weighted by Gasteiger charge is -2.17. The van der Waals surface area contributed by atoms with Crippen molar-refractivity contribution in [2.45, 2.75) is 33.2 Å². The topological polar surface area (TPSA) is 68.0 Å². The van der Waals surface area contributed by atoms with Gasteiger partial charge in [0.05, 0.1) is 16.7 Å². The summed E-state index contributed by atoms with van der Waals surface area (Å²) in [7, 11) is 0. The molecule has 0 aliphatic heterocycles. The summed E-state index contributed by atoms with van der Waals surface area (Å²) in [5.74, 6) is 0.0188. The average Bonchev–Trinajstić information content (AvgIpc) is 2.92. The number of nitrogens with one attached hydrogen (secondary N) is 1. The van der Waals surface area contributed by atoms with Gasteiger partial charge < -0.3 is 11.1 Å². The molecule has 0 fully saturated rings. The molecule has 0 aliphatic carbocycles. The summed E-state index contributed by atoms with van der Waals surface area (Å²) in [4.78, 5) is 16.6. The first-order chi connectivity index (χ1) is 10.0. The molecule has 5 heteroatoms. The SMILES string of the molecule is CC[C@H](C)[C@H](N)C(=O)Nc1cccc(-c2csc(C)n2)c1. The average molecular weight is 303 g/mol. The van der Waals surface area contributed by atoms with Gasteiger partial charge in [0.15, 0.2) is 0 Å². The van der Waals surface area contributed by atoms with Gasteiger partial charge in [-0.25, -0.2) is 4.98 Å². The number of benzene rings is 1. The smallest absolute Gasteiger partial charge is 0.241 e. The standard InChI is InChI=1S/C16H21N3OS/c1-4-10(2)15(17)16(20)19-13-7-5-6-12(8-13)14-9-21-11(3)18-14/h5-10,15H,4,17H2,1-3H3,(H,19,20)/t10-,15-/m0/s1. The molecule has 4 nitrogen and oxygen atoms in total. The number of nitrogens with two attached hydrogens (primary N) is 1. The minimum atomic E-state index is -0.486. The van der Waals surface area contributed by atoms with Crippen LogP contribution in [0.4, 0.5) is 5.69 Å². The molecule has 2 aromatic rings. The number of amides is 1. The summed E-state index contributed by atoms with van der Waals surface area (Å²) >= 11 is 1.61. The van der Waals surface area contributed by atoms with E-state index in [4.69, 9.17) is 5.73 Å². The fourth-order valence-corrected chi connectivity index (χ4v) is 2.61. The van der Waals surface area contributed by atoms with E-state index in [1.165, 1.54) is 0 Å². The number of thiazole rings is 1. The lowest BCUT2D eigenvalue weighted by Crippen LogP contribution is -2.40. The largest absolute Gasteiger partial charge is 0.325 e. The Morgan fingerprint density at radius 1 is 1.48 bits per heavy atom. The molecule has 0 radical (unpaired) electrons. The molecule has 1 heterocycles. The van der Waals surface area contributed by atoms with Crippen molar-refractivity contribution >= 4 is 22.9 Å². The third kappa shape index (κ3) is 3.89. The number of aryl methyl sites for hydroxylation is 1. The minimum Gasteiger partial charge on any atom is -0.325 e. The first-order valence-electron chi connectivity index (χ1n) is 7.10. The second-order valence-electron chi connectivity index (χ2n) is 5.23. The normalized spacial score (nSPS) is 13.7. The fourth-order valence-electron chi connectivity index (χ4n) is 1.99. The molecule has 1 aromatic carbocycles. The summed E-state index contributed by atoms with van der Waals surface area (Å²) in [6.45, 7) is 5.99. The zero-order chi connectivity index (χ0) is 15.4. The molecule has 0 bridgehead atoms. The summed E-state index contributed by atoms with van der Waals surface area (Å²) in [5, 5.41) is 5.93. The maximum atomic E-state index is 12.1. The first kappa shape index (κ1) is 15.7. The molecular formula is C16H21N3OS. The van der Waals surface area contributed by atoms with Gasteiger partial charge in [-0.1, -0.05) is 32.4 Å². The van der Waals surface area contributed by atoms with Gasteiger partial charge in [-0.15, -0.1) is 11.3 Å². The predicted molar refractivity (Wildman–Crippen MR) is 88.3 cm³/mol. The van der Waals surface area contributed by atoms with Crippen molar-refractivity contribution in [1.82, 2.24) is 4.98 Å². The van der Waals surface area contributed by atoms with Gasteiger partial charge in [0, 0.05) is 16.6 Å². The molecule has 2 rings (SSSR count). The third-order valence-corrected chi connectivity index (χ3v) is 4.38. The zero-order valence-electron chi connectivity index (χ0n) is 12.6. The molecule has 112 valence electrons. The van der Waals surface area contributed by atoms with E-state index in [-0.39, 0.29) is 11.8 Å². The highest BCUT2D eigenvalue weighted by Gasteiger charge is 2.19. The number of carbonyl (C=O) groups is 1. The maximum Gasteiger partial charge on any atom is 0.241 e. The Morgan fingerprint density at radius 2 is 2.24 bits per heavy atom. The van der Waals surface area contributed by atoms with E-state index < -0.39 is 6.04 Å². The van der Waals surface area contributed by atoms with Crippen LogP contribution in [0.15, 0.2) is 29.6 Å². The highest BCUT2D eigenvalue weighted by molar-refractivity contribution is 7.09. The molecule has 3 N–H and O–H groups in total. The highest BCUT2D eigenvalue weighted by atomic mass is 32.1. The minimum absolute atomic E-state index is 0.143. The van der Waals surface area contributed by atoms with Crippen LogP contribution in [0.25, 0.3) is 11.3 Å². The van der Waals surface area contributed by atoms with Gasteiger partial charge in [0.25, 0.3) is 0 Å². The lowest BCUT2D eigenvalue weighted by atomic mass is 9.99. The van der Waals surface area contributed by atoms with E-state index in [1.807, 2.05) is 50.4 Å². The van der Waals surface area contributed by atoms with Crippen LogP contribution in [0.5, 0.6) is 0 Å². The van der Waals surface area contributed by atoms with Crippen molar-refractivity contribution in [3.63, 3.8) is 0 Å².